The Bertz CT molecular complexity index is 787. The second kappa shape index (κ2) is 7.15. The smallest absolute Gasteiger partial charge is 0.0448 e. The molecule has 27 heavy (non-hydrogen) atoms. The Balaban J connectivity index is 1.73. The van der Waals surface area contributed by atoms with Gasteiger partial charge in [-0.2, -0.15) is 0 Å². The van der Waals surface area contributed by atoms with Crippen LogP contribution in [0.25, 0.3) is 0 Å². The van der Waals surface area contributed by atoms with Gasteiger partial charge in [-0.05, 0) is 54.6 Å². The number of allylic oxidation sites excluding steroid dienone is 4. The highest BCUT2D eigenvalue weighted by atomic mass is 14.6. The molecule has 3 atom stereocenters. The maximum Gasteiger partial charge on any atom is 0.0448 e. The Morgan fingerprint density at radius 3 is 2.00 bits per heavy atom. The number of hydrogen-bond donors (Lipinski definition) is 0. The van der Waals surface area contributed by atoms with E-state index in [0.717, 1.165) is 24.2 Å². The molecule has 2 saturated carbocycles. The summed E-state index contributed by atoms with van der Waals surface area (Å²) in [5, 5.41) is 0. The minimum atomic E-state index is 0.0305. The van der Waals surface area contributed by atoms with Gasteiger partial charge in [0.05, 0.1) is 0 Å². The zero-order chi connectivity index (χ0) is 18.1. The van der Waals surface area contributed by atoms with Crippen molar-refractivity contribution in [3.63, 3.8) is 0 Å². The molecule has 0 spiro atoms. The predicted octanol–water partition coefficient (Wildman–Crippen LogP) is 7.08. The van der Waals surface area contributed by atoms with E-state index in [9.17, 15) is 0 Å². The topological polar surface area (TPSA) is 0 Å². The summed E-state index contributed by atoms with van der Waals surface area (Å²) in [5.74, 6) is 2.55. The van der Waals surface area contributed by atoms with Gasteiger partial charge in [-0.25, -0.2) is 0 Å². The first kappa shape index (κ1) is 17.0. The molecule has 138 valence electrons. The van der Waals surface area contributed by atoms with Crippen LogP contribution in [0.1, 0.15) is 56.1 Å². The summed E-state index contributed by atoms with van der Waals surface area (Å²) >= 11 is 0. The molecule has 0 aliphatic heterocycles. The normalized spacial score (nSPS) is 27.4. The van der Waals surface area contributed by atoms with Crippen LogP contribution >= 0.6 is 0 Å². The lowest BCUT2D eigenvalue weighted by Crippen LogP contribution is -2.41. The summed E-state index contributed by atoms with van der Waals surface area (Å²) in [6, 6.07) is 22.9. The highest BCUT2D eigenvalue weighted by Gasteiger charge is 2.52. The van der Waals surface area contributed by atoms with Crippen molar-refractivity contribution in [2.75, 3.05) is 0 Å². The van der Waals surface area contributed by atoms with Gasteiger partial charge in [0.15, 0.2) is 0 Å². The lowest BCUT2D eigenvalue weighted by atomic mass is 9.57. The van der Waals surface area contributed by atoms with Crippen LogP contribution in [0.5, 0.6) is 0 Å². The van der Waals surface area contributed by atoms with E-state index in [4.69, 9.17) is 0 Å². The maximum absolute atomic E-state index is 2.43. The van der Waals surface area contributed by atoms with Crippen molar-refractivity contribution < 1.29 is 0 Å². The van der Waals surface area contributed by atoms with E-state index in [1.165, 1.54) is 49.7 Å². The van der Waals surface area contributed by atoms with E-state index in [0.29, 0.717) is 0 Å². The SMILES string of the molecule is C1=CCC(C(c2ccccc2)(c2ccccc2)C2CCC3CCCCC32)=C1. The van der Waals surface area contributed by atoms with Gasteiger partial charge in [0, 0.05) is 5.41 Å². The lowest BCUT2D eigenvalue weighted by molar-refractivity contribution is 0.187. The van der Waals surface area contributed by atoms with Crippen LogP contribution in [0.15, 0.2) is 84.5 Å². The molecular formula is C27H30. The van der Waals surface area contributed by atoms with Crippen molar-refractivity contribution in [2.24, 2.45) is 17.8 Å². The Morgan fingerprint density at radius 1 is 0.704 bits per heavy atom. The fourth-order valence-electron chi connectivity index (χ4n) is 6.62. The molecule has 2 aromatic carbocycles. The van der Waals surface area contributed by atoms with Crippen molar-refractivity contribution in [1.29, 1.82) is 0 Å². The van der Waals surface area contributed by atoms with Crippen molar-refractivity contribution in [2.45, 2.75) is 50.4 Å². The Morgan fingerprint density at radius 2 is 1.37 bits per heavy atom. The summed E-state index contributed by atoms with van der Waals surface area (Å²) in [5.41, 5.74) is 4.64. The molecule has 0 heteroatoms. The fraction of sp³-hybridized carbons (Fsp3) is 0.407. The van der Waals surface area contributed by atoms with Gasteiger partial charge in [-0.3, -0.25) is 0 Å². The standard InChI is InChI=1S/C27H30/c1-3-12-22(13-4-1)27(24-16-8-9-17-24,23-14-5-2-6-15-23)26-20-19-21-11-7-10-18-25(21)26/h1-6,8-9,12-16,21,25-26H,7,10-11,17-20H2. The zero-order valence-electron chi connectivity index (χ0n) is 16.2. The maximum atomic E-state index is 2.43. The van der Waals surface area contributed by atoms with Gasteiger partial charge in [-0.1, -0.05) is 104 Å². The molecule has 2 fully saturated rings. The van der Waals surface area contributed by atoms with Crippen LogP contribution < -0.4 is 0 Å². The monoisotopic (exact) mass is 354 g/mol. The van der Waals surface area contributed by atoms with Crippen molar-refractivity contribution >= 4 is 0 Å². The van der Waals surface area contributed by atoms with Crippen molar-refractivity contribution in [3.05, 3.63) is 95.6 Å². The van der Waals surface area contributed by atoms with Gasteiger partial charge < -0.3 is 0 Å². The Hall–Kier alpha value is -2.08. The number of benzene rings is 2. The average Bonchev–Trinajstić information content (AvgIpc) is 3.42. The molecule has 5 rings (SSSR count). The van der Waals surface area contributed by atoms with Gasteiger partial charge in [-0.15, -0.1) is 0 Å². The van der Waals surface area contributed by atoms with Crippen LogP contribution in [-0.4, -0.2) is 0 Å². The van der Waals surface area contributed by atoms with Crippen LogP contribution in [0.2, 0.25) is 0 Å². The van der Waals surface area contributed by atoms with Gasteiger partial charge >= 0.3 is 0 Å². The summed E-state index contributed by atoms with van der Waals surface area (Å²) in [6.45, 7) is 0. The minimum Gasteiger partial charge on any atom is -0.0804 e. The second-order valence-corrected chi connectivity index (χ2v) is 8.76. The van der Waals surface area contributed by atoms with E-state index in [1.807, 2.05) is 0 Å². The van der Waals surface area contributed by atoms with E-state index < -0.39 is 0 Å². The summed E-state index contributed by atoms with van der Waals surface area (Å²) in [7, 11) is 0. The fourth-order valence-corrected chi connectivity index (χ4v) is 6.62. The molecule has 0 aromatic heterocycles. The van der Waals surface area contributed by atoms with E-state index in [-0.39, 0.29) is 5.41 Å². The second-order valence-electron chi connectivity index (χ2n) is 8.76. The van der Waals surface area contributed by atoms with Crippen molar-refractivity contribution in [3.8, 4) is 0 Å². The molecule has 2 aromatic rings. The largest absolute Gasteiger partial charge is 0.0804 e. The quantitative estimate of drug-likeness (QED) is 0.550. The van der Waals surface area contributed by atoms with Crippen LogP contribution in [0.4, 0.5) is 0 Å². The Kier molecular flexibility index (Phi) is 4.52. The molecule has 3 aliphatic rings. The molecule has 0 radical (unpaired) electrons. The van der Waals surface area contributed by atoms with Gasteiger partial charge in [0.25, 0.3) is 0 Å². The first-order chi connectivity index (χ1) is 13.4. The third-order valence-corrected chi connectivity index (χ3v) is 7.63. The third-order valence-electron chi connectivity index (χ3n) is 7.63. The predicted molar refractivity (Wildman–Crippen MR) is 114 cm³/mol. The molecular weight excluding hydrogens is 324 g/mol. The summed E-state index contributed by atoms with van der Waals surface area (Å²) in [6.07, 6.45) is 16.7. The number of hydrogen-bond acceptors (Lipinski definition) is 0. The van der Waals surface area contributed by atoms with E-state index in [1.54, 1.807) is 5.57 Å². The molecule has 0 saturated heterocycles. The molecule has 3 aliphatic carbocycles. The van der Waals surface area contributed by atoms with E-state index >= 15 is 0 Å². The number of rotatable bonds is 4. The lowest BCUT2D eigenvalue weighted by Gasteiger charge is -2.46. The van der Waals surface area contributed by atoms with Crippen LogP contribution in [0, 0.1) is 17.8 Å². The molecule has 0 nitrogen and oxygen atoms in total. The minimum absolute atomic E-state index is 0.0305. The molecule has 0 N–H and O–H groups in total. The molecule has 0 heterocycles. The van der Waals surface area contributed by atoms with Crippen LogP contribution in [-0.2, 0) is 5.41 Å². The third kappa shape index (κ3) is 2.73. The highest BCUT2D eigenvalue weighted by molar-refractivity contribution is 5.53. The molecule has 0 bridgehead atoms. The first-order valence-corrected chi connectivity index (χ1v) is 10.9. The highest BCUT2D eigenvalue weighted by Crippen LogP contribution is 2.59. The summed E-state index contributed by atoms with van der Waals surface area (Å²) in [4.78, 5) is 0. The average molecular weight is 355 g/mol. The first-order valence-electron chi connectivity index (χ1n) is 10.9. The van der Waals surface area contributed by atoms with Crippen molar-refractivity contribution in [1.82, 2.24) is 0 Å². The molecule has 3 unspecified atom stereocenters. The van der Waals surface area contributed by atoms with E-state index in [2.05, 4.69) is 78.9 Å². The van der Waals surface area contributed by atoms with Crippen LogP contribution in [0.3, 0.4) is 0 Å². The Labute approximate surface area is 164 Å². The zero-order valence-corrected chi connectivity index (χ0v) is 16.2. The number of fused-ring (bicyclic) bond motifs is 1. The van der Waals surface area contributed by atoms with Gasteiger partial charge in [0.1, 0.15) is 0 Å². The summed E-state index contributed by atoms with van der Waals surface area (Å²) < 4.78 is 0. The molecule has 0 amide bonds. The van der Waals surface area contributed by atoms with Gasteiger partial charge in [0.2, 0.25) is 0 Å².